The molecule has 0 aliphatic heterocycles. The van der Waals surface area contributed by atoms with Gasteiger partial charge >= 0.3 is 0 Å². The number of hydrogen-bond acceptors (Lipinski definition) is 3. The van der Waals surface area contributed by atoms with E-state index < -0.39 is 0 Å². The summed E-state index contributed by atoms with van der Waals surface area (Å²) in [6.45, 7) is 2.03. The van der Waals surface area contributed by atoms with E-state index in [1.165, 1.54) is 18.2 Å². The van der Waals surface area contributed by atoms with Crippen molar-refractivity contribution in [2.75, 3.05) is 5.32 Å². The van der Waals surface area contributed by atoms with Crippen molar-refractivity contribution in [2.45, 2.75) is 19.8 Å². The van der Waals surface area contributed by atoms with Crippen LogP contribution in [0.4, 0.5) is 15.9 Å². The Morgan fingerprint density at radius 3 is 2.74 bits per heavy atom. The minimum atomic E-state index is -0.374. The zero-order valence-corrected chi connectivity index (χ0v) is 11.8. The Bertz CT molecular complexity index is 590. The van der Waals surface area contributed by atoms with Gasteiger partial charge < -0.3 is 5.32 Å². The SMILES string of the molecule is CCCc1nc(Cl)cc(Nc2cc(F)ccc2Cl)n1. The predicted octanol–water partition coefficient (Wildman–Crippen LogP) is 4.62. The lowest BCUT2D eigenvalue weighted by atomic mass is 10.3. The molecule has 1 aromatic carbocycles. The number of rotatable bonds is 4. The van der Waals surface area contributed by atoms with Crippen molar-refractivity contribution < 1.29 is 4.39 Å². The Balaban J connectivity index is 2.29. The van der Waals surface area contributed by atoms with E-state index in [0.717, 1.165) is 12.8 Å². The number of halogens is 3. The normalized spacial score (nSPS) is 10.5. The number of benzene rings is 1. The van der Waals surface area contributed by atoms with Crippen molar-refractivity contribution in [3.8, 4) is 0 Å². The van der Waals surface area contributed by atoms with Crippen molar-refractivity contribution in [1.29, 1.82) is 0 Å². The van der Waals surface area contributed by atoms with Crippen LogP contribution >= 0.6 is 23.2 Å². The van der Waals surface area contributed by atoms with Crippen LogP contribution in [0.25, 0.3) is 0 Å². The van der Waals surface area contributed by atoms with Crippen LogP contribution in [-0.2, 0) is 6.42 Å². The van der Waals surface area contributed by atoms with Crippen LogP contribution < -0.4 is 5.32 Å². The molecule has 0 spiro atoms. The van der Waals surface area contributed by atoms with E-state index in [1.54, 1.807) is 6.07 Å². The number of aromatic nitrogens is 2. The fourth-order valence-corrected chi connectivity index (χ4v) is 1.96. The van der Waals surface area contributed by atoms with Crippen molar-refractivity contribution >= 4 is 34.7 Å². The highest BCUT2D eigenvalue weighted by atomic mass is 35.5. The van der Waals surface area contributed by atoms with Gasteiger partial charge in [0.1, 0.15) is 22.6 Å². The van der Waals surface area contributed by atoms with E-state index in [9.17, 15) is 4.39 Å². The van der Waals surface area contributed by atoms with E-state index in [0.29, 0.717) is 27.5 Å². The van der Waals surface area contributed by atoms with Crippen LogP contribution in [0.5, 0.6) is 0 Å². The van der Waals surface area contributed by atoms with Gasteiger partial charge in [0.2, 0.25) is 0 Å². The molecule has 3 nitrogen and oxygen atoms in total. The second-order valence-electron chi connectivity index (χ2n) is 3.99. The molecule has 0 aliphatic rings. The molecule has 0 atom stereocenters. The zero-order chi connectivity index (χ0) is 13.8. The fraction of sp³-hybridized carbons (Fsp3) is 0.231. The maximum Gasteiger partial charge on any atom is 0.135 e. The quantitative estimate of drug-likeness (QED) is 0.837. The number of anilines is 2. The molecule has 19 heavy (non-hydrogen) atoms. The van der Waals surface area contributed by atoms with Gasteiger partial charge in [-0.3, -0.25) is 0 Å². The number of hydrogen-bond donors (Lipinski definition) is 1. The highest BCUT2D eigenvalue weighted by Crippen LogP contribution is 2.26. The molecule has 1 N–H and O–H groups in total. The van der Waals surface area contributed by atoms with Crippen molar-refractivity contribution in [3.63, 3.8) is 0 Å². The number of nitrogens with one attached hydrogen (secondary N) is 1. The van der Waals surface area contributed by atoms with Crippen LogP contribution in [0.2, 0.25) is 10.2 Å². The predicted molar refractivity (Wildman–Crippen MR) is 75.7 cm³/mol. The van der Waals surface area contributed by atoms with Gasteiger partial charge in [-0.1, -0.05) is 30.1 Å². The average Bonchev–Trinajstić information content (AvgIpc) is 2.33. The summed E-state index contributed by atoms with van der Waals surface area (Å²) in [5, 5.41) is 3.70. The van der Waals surface area contributed by atoms with Gasteiger partial charge in [-0.2, -0.15) is 0 Å². The summed E-state index contributed by atoms with van der Waals surface area (Å²) >= 11 is 11.9. The van der Waals surface area contributed by atoms with Crippen molar-refractivity contribution in [1.82, 2.24) is 9.97 Å². The third kappa shape index (κ3) is 3.78. The van der Waals surface area contributed by atoms with E-state index in [-0.39, 0.29) is 5.82 Å². The first-order chi connectivity index (χ1) is 9.08. The molecule has 0 aliphatic carbocycles. The smallest absolute Gasteiger partial charge is 0.135 e. The van der Waals surface area contributed by atoms with Crippen LogP contribution in [0.15, 0.2) is 24.3 Å². The first-order valence-electron chi connectivity index (χ1n) is 5.84. The Labute approximate surface area is 120 Å². The van der Waals surface area contributed by atoms with Gasteiger partial charge in [0.15, 0.2) is 0 Å². The van der Waals surface area contributed by atoms with E-state index in [4.69, 9.17) is 23.2 Å². The third-order valence-electron chi connectivity index (χ3n) is 2.41. The second kappa shape index (κ2) is 6.17. The summed E-state index contributed by atoms with van der Waals surface area (Å²) in [6.07, 6.45) is 1.65. The van der Waals surface area contributed by atoms with Crippen LogP contribution in [-0.4, -0.2) is 9.97 Å². The molecule has 0 unspecified atom stereocenters. The summed E-state index contributed by atoms with van der Waals surface area (Å²) < 4.78 is 13.2. The molecule has 1 heterocycles. The lowest BCUT2D eigenvalue weighted by Crippen LogP contribution is -2.01. The average molecular weight is 300 g/mol. The molecule has 6 heteroatoms. The van der Waals surface area contributed by atoms with Gasteiger partial charge in [-0.05, 0) is 24.6 Å². The van der Waals surface area contributed by atoms with Crippen molar-refractivity contribution in [2.24, 2.45) is 0 Å². The molecule has 0 saturated heterocycles. The van der Waals surface area contributed by atoms with Gasteiger partial charge in [0, 0.05) is 12.5 Å². The van der Waals surface area contributed by atoms with Crippen LogP contribution in [0.1, 0.15) is 19.2 Å². The first-order valence-corrected chi connectivity index (χ1v) is 6.59. The Hall–Kier alpha value is -1.39. The molecule has 0 saturated carbocycles. The molecule has 100 valence electrons. The maximum atomic E-state index is 13.2. The molecule has 1 aromatic heterocycles. The molecule has 0 fully saturated rings. The van der Waals surface area contributed by atoms with E-state index >= 15 is 0 Å². The number of aryl methyl sites for hydroxylation is 1. The Kier molecular flexibility index (Phi) is 4.56. The fourth-order valence-electron chi connectivity index (χ4n) is 1.60. The zero-order valence-electron chi connectivity index (χ0n) is 10.3. The van der Waals surface area contributed by atoms with E-state index in [1.807, 2.05) is 6.92 Å². The topological polar surface area (TPSA) is 37.8 Å². The molecule has 0 radical (unpaired) electrons. The summed E-state index contributed by atoms with van der Waals surface area (Å²) in [7, 11) is 0. The molecular formula is C13H12Cl2FN3. The molecule has 2 rings (SSSR count). The van der Waals surface area contributed by atoms with Crippen LogP contribution in [0.3, 0.4) is 0 Å². The molecule has 0 bridgehead atoms. The van der Waals surface area contributed by atoms with E-state index in [2.05, 4.69) is 15.3 Å². The lowest BCUT2D eigenvalue weighted by Gasteiger charge is -2.09. The van der Waals surface area contributed by atoms with Gasteiger partial charge in [-0.25, -0.2) is 14.4 Å². The minimum Gasteiger partial charge on any atom is -0.339 e. The Morgan fingerprint density at radius 2 is 2.00 bits per heavy atom. The van der Waals surface area contributed by atoms with Gasteiger partial charge in [0.05, 0.1) is 10.7 Å². The van der Waals surface area contributed by atoms with Crippen molar-refractivity contribution in [3.05, 3.63) is 46.1 Å². The monoisotopic (exact) mass is 299 g/mol. The largest absolute Gasteiger partial charge is 0.339 e. The molecule has 0 amide bonds. The minimum absolute atomic E-state index is 0.341. The first kappa shape index (κ1) is 14.0. The summed E-state index contributed by atoms with van der Waals surface area (Å²) in [4.78, 5) is 8.41. The lowest BCUT2D eigenvalue weighted by molar-refractivity contribution is 0.628. The highest BCUT2D eigenvalue weighted by molar-refractivity contribution is 6.33. The van der Waals surface area contributed by atoms with Gasteiger partial charge in [0.25, 0.3) is 0 Å². The molecule has 2 aromatic rings. The molecular weight excluding hydrogens is 288 g/mol. The second-order valence-corrected chi connectivity index (χ2v) is 4.79. The summed E-state index contributed by atoms with van der Waals surface area (Å²) in [6, 6.07) is 5.65. The van der Waals surface area contributed by atoms with Gasteiger partial charge in [-0.15, -0.1) is 0 Å². The Morgan fingerprint density at radius 1 is 1.21 bits per heavy atom. The maximum absolute atomic E-state index is 13.2. The van der Waals surface area contributed by atoms with Crippen LogP contribution in [0, 0.1) is 5.82 Å². The highest BCUT2D eigenvalue weighted by Gasteiger charge is 2.06. The summed E-state index contributed by atoms with van der Waals surface area (Å²) in [5.41, 5.74) is 0.443. The number of nitrogens with zero attached hydrogens (tertiary/aromatic N) is 2. The third-order valence-corrected chi connectivity index (χ3v) is 2.93. The standard InChI is InChI=1S/C13H12Cl2FN3/c1-2-3-12-18-11(15)7-13(19-12)17-10-6-8(16)4-5-9(10)14/h4-7H,2-3H2,1H3,(H,17,18,19). The summed E-state index contributed by atoms with van der Waals surface area (Å²) in [5.74, 6) is 0.766.